The number of hydrogen-bond acceptors (Lipinski definition) is 4. The molecule has 1 rings (SSSR count). The second-order valence-corrected chi connectivity index (χ2v) is 10.6. The third-order valence-electron chi connectivity index (χ3n) is 1.95. The molecule has 1 amide bonds. The fourth-order valence-corrected chi connectivity index (χ4v) is 2.72. The molecule has 0 aromatic rings. The van der Waals surface area contributed by atoms with Gasteiger partial charge >= 0.3 is 11.9 Å². The Labute approximate surface area is 107 Å². The first-order valence-corrected chi connectivity index (χ1v) is 10.1. The molecule has 6 heteroatoms. The molecule has 0 aromatic heterocycles. The third kappa shape index (κ3) is 5.28. The lowest BCUT2D eigenvalue weighted by Crippen LogP contribution is -2.35. The fraction of sp³-hybridized carbons (Fsp3) is 0.636. The van der Waals surface area contributed by atoms with E-state index in [0.717, 1.165) is 5.75 Å². The zero-order chi connectivity index (χ0) is 12.9. The van der Waals surface area contributed by atoms with Gasteiger partial charge in [0.05, 0.1) is 5.88 Å². The maximum Gasteiger partial charge on any atom is 0.398 e. The summed E-state index contributed by atoms with van der Waals surface area (Å²) in [4.78, 5) is 24.4. The maximum absolute atomic E-state index is 11.5. The zero-order valence-electron chi connectivity index (χ0n) is 10.4. The Balaban J connectivity index is 2.33. The molecule has 4 nitrogen and oxygen atoms in total. The van der Waals surface area contributed by atoms with Crippen LogP contribution in [0.5, 0.6) is 0 Å². The average Bonchev–Trinajstić information content (AvgIpc) is 2.74. The molecule has 0 atom stereocenters. The van der Waals surface area contributed by atoms with E-state index in [4.69, 9.17) is 4.74 Å². The van der Waals surface area contributed by atoms with Crippen molar-refractivity contribution in [2.24, 2.45) is 0 Å². The van der Waals surface area contributed by atoms with Gasteiger partial charge < -0.3 is 9.64 Å². The van der Waals surface area contributed by atoms with E-state index in [1.165, 1.54) is 4.90 Å². The highest BCUT2D eigenvalue weighted by Crippen LogP contribution is 2.13. The van der Waals surface area contributed by atoms with Gasteiger partial charge in [0.15, 0.2) is 6.61 Å². The zero-order valence-corrected chi connectivity index (χ0v) is 12.2. The second kappa shape index (κ2) is 6.12. The molecule has 0 radical (unpaired) electrons. The monoisotopic (exact) mass is 271 g/mol. The summed E-state index contributed by atoms with van der Waals surface area (Å²) in [5, 5.41) is 0. The minimum atomic E-state index is -1.43. The van der Waals surface area contributed by atoms with Crippen molar-refractivity contribution in [3.05, 3.63) is 0 Å². The number of carbonyl (C=O) groups excluding carboxylic acids is 2. The molecule has 1 aliphatic rings. The van der Waals surface area contributed by atoms with Crippen LogP contribution >= 0.6 is 11.8 Å². The van der Waals surface area contributed by atoms with Crippen LogP contribution in [0.2, 0.25) is 19.6 Å². The normalized spacial score (nSPS) is 15.1. The van der Waals surface area contributed by atoms with Crippen LogP contribution in [0, 0.1) is 11.5 Å². The molecule has 1 fully saturated rings. The molecular formula is C11H17NO3SSi. The van der Waals surface area contributed by atoms with Gasteiger partial charge in [0.1, 0.15) is 8.07 Å². The van der Waals surface area contributed by atoms with E-state index in [1.807, 2.05) is 0 Å². The first-order valence-electron chi connectivity index (χ1n) is 5.44. The van der Waals surface area contributed by atoms with Crippen LogP contribution < -0.4 is 0 Å². The Morgan fingerprint density at radius 2 is 2.12 bits per heavy atom. The quantitative estimate of drug-likeness (QED) is 0.308. The summed E-state index contributed by atoms with van der Waals surface area (Å²) in [6.45, 7) is 6.95. The molecule has 0 bridgehead atoms. The number of amides is 1. The van der Waals surface area contributed by atoms with Gasteiger partial charge in [-0.05, 0) is 0 Å². The summed E-state index contributed by atoms with van der Waals surface area (Å²) < 4.78 is 4.82. The van der Waals surface area contributed by atoms with E-state index in [-0.39, 0.29) is 6.61 Å². The van der Waals surface area contributed by atoms with Crippen molar-refractivity contribution in [3.8, 4) is 11.5 Å². The Hall–Kier alpha value is -0.933. The van der Waals surface area contributed by atoms with Gasteiger partial charge in [0.25, 0.3) is 0 Å². The molecule has 0 unspecified atom stereocenters. The van der Waals surface area contributed by atoms with Crippen molar-refractivity contribution in [2.75, 3.05) is 24.8 Å². The Kier molecular flexibility index (Phi) is 5.09. The number of carbonyl (C=O) groups is 2. The molecule has 0 aliphatic carbocycles. The van der Waals surface area contributed by atoms with Gasteiger partial charge in [-0.25, -0.2) is 4.79 Å². The van der Waals surface area contributed by atoms with Crippen molar-refractivity contribution in [1.29, 1.82) is 0 Å². The maximum atomic E-state index is 11.5. The smallest absolute Gasteiger partial charge is 0.398 e. The van der Waals surface area contributed by atoms with Gasteiger partial charge in [-0.15, -0.1) is 17.3 Å². The molecule has 0 saturated carbocycles. The van der Waals surface area contributed by atoms with E-state index in [1.54, 1.807) is 11.8 Å². The van der Waals surface area contributed by atoms with Crippen molar-refractivity contribution in [2.45, 2.75) is 19.6 Å². The standard InChI is InChI=1S/C11H17NO3SSi/c1-17(2,3)8-4-6-15-11(14)10(13)12-5-7-16-9-12/h5-7,9H2,1-3H3. The Morgan fingerprint density at radius 1 is 1.41 bits per heavy atom. The SMILES string of the molecule is C[Si](C)(C)C#CCOC(=O)C(=O)N1CCSC1. The first kappa shape index (κ1) is 14.1. The molecule has 0 aromatic carbocycles. The first-order chi connectivity index (χ1) is 7.90. The summed E-state index contributed by atoms with van der Waals surface area (Å²) in [5.74, 6) is 2.91. The lowest BCUT2D eigenvalue weighted by atomic mass is 10.5. The van der Waals surface area contributed by atoms with Gasteiger partial charge in [0, 0.05) is 12.3 Å². The molecule has 1 aliphatic heterocycles. The van der Waals surface area contributed by atoms with Gasteiger partial charge in [-0.1, -0.05) is 25.6 Å². The fourth-order valence-electron chi connectivity index (χ4n) is 1.17. The van der Waals surface area contributed by atoms with Crippen molar-refractivity contribution >= 4 is 31.7 Å². The molecule has 94 valence electrons. The van der Waals surface area contributed by atoms with E-state index in [0.29, 0.717) is 12.4 Å². The highest BCUT2D eigenvalue weighted by Gasteiger charge is 2.25. The average molecular weight is 271 g/mol. The van der Waals surface area contributed by atoms with Crippen LogP contribution in [0.1, 0.15) is 0 Å². The van der Waals surface area contributed by atoms with Crippen molar-refractivity contribution in [3.63, 3.8) is 0 Å². The van der Waals surface area contributed by atoms with Crippen LogP contribution in [0.3, 0.4) is 0 Å². The largest absolute Gasteiger partial charge is 0.445 e. The van der Waals surface area contributed by atoms with E-state index < -0.39 is 20.0 Å². The molecule has 1 heterocycles. The predicted octanol–water partition coefficient (Wildman–Crippen LogP) is 0.943. The minimum absolute atomic E-state index is 0.00975. The highest BCUT2D eigenvalue weighted by molar-refractivity contribution is 7.99. The van der Waals surface area contributed by atoms with Crippen LogP contribution in [0.4, 0.5) is 0 Å². The Bertz CT molecular complexity index is 361. The molecular weight excluding hydrogens is 254 g/mol. The summed E-state index contributed by atoms with van der Waals surface area (Å²) in [6, 6.07) is 0. The number of ether oxygens (including phenoxy) is 1. The predicted molar refractivity (Wildman–Crippen MR) is 71.1 cm³/mol. The summed E-state index contributed by atoms with van der Waals surface area (Å²) in [6.07, 6.45) is 0. The van der Waals surface area contributed by atoms with Crippen LogP contribution in [-0.4, -0.2) is 49.6 Å². The highest BCUT2D eigenvalue weighted by atomic mass is 32.2. The van der Waals surface area contributed by atoms with Crippen molar-refractivity contribution < 1.29 is 14.3 Å². The van der Waals surface area contributed by atoms with Crippen LogP contribution in [0.25, 0.3) is 0 Å². The van der Waals surface area contributed by atoms with Crippen molar-refractivity contribution in [1.82, 2.24) is 4.90 Å². The molecule has 1 saturated heterocycles. The van der Waals surface area contributed by atoms with E-state index >= 15 is 0 Å². The summed E-state index contributed by atoms with van der Waals surface area (Å²) in [7, 11) is -1.43. The summed E-state index contributed by atoms with van der Waals surface area (Å²) in [5.41, 5.74) is 3.07. The molecule has 0 spiro atoms. The van der Waals surface area contributed by atoms with E-state index in [2.05, 4.69) is 31.1 Å². The van der Waals surface area contributed by atoms with Gasteiger partial charge in [-0.3, -0.25) is 4.79 Å². The van der Waals surface area contributed by atoms with Gasteiger partial charge in [-0.2, -0.15) is 0 Å². The Morgan fingerprint density at radius 3 is 2.65 bits per heavy atom. The number of esters is 1. The third-order valence-corrected chi connectivity index (χ3v) is 3.85. The minimum Gasteiger partial charge on any atom is -0.445 e. The van der Waals surface area contributed by atoms with E-state index in [9.17, 15) is 9.59 Å². The molecule has 17 heavy (non-hydrogen) atoms. The lowest BCUT2D eigenvalue weighted by molar-refractivity contribution is -0.158. The number of nitrogens with zero attached hydrogens (tertiary/aromatic N) is 1. The van der Waals surface area contributed by atoms with Gasteiger partial charge in [0.2, 0.25) is 0 Å². The number of rotatable bonds is 1. The number of thioether (sulfide) groups is 1. The molecule has 0 N–H and O–H groups in total. The second-order valence-electron chi connectivity index (χ2n) is 4.73. The number of hydrogen-bond donors (Lipinski definition) is 0. The van der Waals surface area contributed by atoms with Crippen LogP contribution in [-0.2, 0) is 14.3 Å². The van der Waals surface area contributed by atoms with Crippen LogP contribution in [0.15, 0.2) is 0 Å². The topological polar surface area (TPSA) is 46.6 Å². The lowest BCUT2D eigenvalue weighted by Gasteiger charge is -2.12. The summed E-state index contributed by atoms with van der Waals surface area (Å²) >= 11 is 1.63.